The highest BCUT2D eigenvalue weighted by Gasteiger charge is 2.27. The van der Waals surface area contributed by atoms with Crippen LogP contribution in [0.25, 0.3) is 0 Å². The van der Waals surface area contributed by atoms with Crippen LogP contribution < -0.4 is 11.1 Å². The second kappa shape index (κ2) is 5.72. The third-order valence-electron chi connectivity index (χ3n) is 3.33. The molecule has 0 unspecified atom stereocenters. The molecular weight excluding hydrogens is 248 g/mol. The summed E-state index contributed by atoms with van der Waals surface area (Å²) in [4.78, 5) is 11.9. The van der Waals surface area contributed by atoms with Gasteiger partial charge in [-0.1, -0.05) is 36.6 Å². The zero-order valence-electron chi connectivity index (χ0n) is 10.5. The van der Waals surface area contributed by atoms with E-state index in [1.54, 1.807) is 0 Å². The Balaban J connectivity index is 1.89. The maximum atomic E-state index is 11.9. The lowest BCUT2D eigenvalue weighted by Gasteiger charge is -2.18. The lowest BCUT2D eigenvalue weighted by Crippen LogP contribution is -2.41. The zero-order chi connectivity index (χ0) is 13.1. The zero-order valence-corrected chi connectivity index (χ0v) is 11.3. The van der Waals surface area contributed by atoms with Gasteiger partial charge in [0.2, 0.25) is 5.91 Å². The Hall–Kier alpha value is -1.06. The highest BCUT2D eigenvalue weighted by molar-refractivity contribution is 6.30. The Kier molecular flexibility index (Phi) is 4.25. The van der Waals surface area contributed by atoms with Gasteiger partial charge in [0, 0.05) is 5.02 Å². The van der Waals surface area contributed by atoms with Crippen molar-refractivity contribution in [1.82, 2.24) is 5.32 Å². The summed E-state index contributed by atoms with van der Waals surface area (Å²) in [5, 5.41) is 3.61. The Morgan fingerprint density at radius 2 is 2.28 bits per heavy atom. The van der Waals surface area contributed by atoms with Crippen molar-refractivity contribution in [3.8, 4) is 0 Å². The first kappa shape index (κ1) is 13.4. The molecule has 1 aromatic carbocycles. The molecule has 1 aromatic rings. The molecule has 0 saturated heterocycles. The molecule has 2 rings (SSSR count). The van der Waals surface area contributed by atoms with E-state index in [1.165, 1.54) is 12.8 Å². The average molecular weight is 267 g/mol. The van der Waals surface area contributed by atoms with Gasteiger partial charge < -0.3 is 11.1 Å². The molecule has 98 valence electrons. The number of halogens is 1. The number of rotatable bonds is 5. The quantitative estimate of drug-likeness (QED) is 0.861. The number of amides is 1. The van der Waals surface area contributed by atoms with Crippen molar-refractivity contribution < 1.29 is 4.79 Å². The van der Waals surface area contributed by atoms with Gasteiger partial charge in [-0.05, 0) is 37.0 Å². The Morgan fingerprint density at radius 3 is 2.89 bits per heavy atom. The van der Waals surface area contributed by atoms with Crippen LogP contribution in [0.15, 0.2) is 24.3 Å². The molecule has 1 amide bonds. The van der Waals surface area contributed by atoms with Crippen LogP contribution in [0.2, 0.25) is 5.02 Å². The minimum atomic E-state index is -0.390. The van der Waals surface area contributed by atoms with Gasteiger partial charge in [-0.2, -0.15) is 0 Å². The molecular formula is C14H19ClN2O. The van der Waals surface area contributed by atoms with Gasteiger partial charge in [0.1, 0.15) is 0 Å². The van der Waals surface area contributed by atoms with E-state index in [1.807, 2.05) is 31.2 Å². The molecule has 1 aliphatic rings. The summed E-state index contributed by atoms with van der Waals surface area (Å²) in [5.41, 5.74) is 6.87. The second-order valence-electron chi connectivity index (χ2n) is 5.07. The van der Waals surface area contributed by atoms with Crippen LogP contribution in [-0.4, -0.2) is 11.9 Å². The molecule has 0 spiro atoms. The van der Waals surface area contributed by atoms with Crippen molar-refractivity contribution in [2.75, 3.05) is 0 Å². The molecule has 1 saturated carbocycles. The number of hydrogen-bond donors (Lipinski definition) is 2. The maximum absolute atomic E-state index is 11.9. The fourth-order valence-electron chi connectivity index (χ4n) is 2.00. The number of carbonyl (C=O) groups excluding carboxylic acids is 1. The van der Waals surface area contributed by atoms with Gasteiger partial charge in [-0.3, -0.25) is 4.79 Å². The monoisotopic (exact) mass is 266 g/mol. The normalized spacial score (nSPS) is 18.2. The SMILES string of the molecule is C[C@@H](NC(=O)[C@@H](N)CC1CC1)c1cccc(Cl)c1. The fraction of sp³-hybridized carbons (Fsp3) is 0.500. The molecule has 0 aliphatic heterocycles. The fourth-order valence-corrected chi connectivity index (χ4v) is 2.20. The van der Waals surface area contributed by atoms with Crippen molar-refractivity contribution in [3.05, 3.63) is 34.9 Å². The third-order valence-corrected chi connectivity index (χ3v) is 3.56. The smallest absolute Gasteiger partial charge is 0.237 e. The van der Waals surface area contributed by atoms with Crippen LogP contribution in [0.4, 0.5) is 0 Å². The first-order valence-corrected chi connectivity index (χ1v) is 6.75. The molecule has 1 aliphatic carbocycles. The van der Waals surface area contributed by atoms with E-state index in [-0.39, 0.29) is 18.0 Å². The van der Waals surface area contributed by atoms with Gasteiger partial charge in [0.05, 0.1) is 12.1 Å². The number of benzene rings is 1. The molecule has 1 fully saturated rings. The summed E-state index contributed by atoms with van der Waals surface area (Å²) in [6, 6.07) is 7.05. The molecule has 0 aromatic heterocycles. The average Bonchev–Trinajstić information content (AvgIpc) is 3.12. The molecule has 0 bridgehead atoms. The summed E-state index contributed by atoms with van der Waals surface area (Å²) in [5.74, 6) is 0.585. The molecule has 3 nitrogen and oxygen atoms in total. The molecule has 3 N–H and O–H groups in total. The van der Waals surface area contributed by atoms with Gasteiger partial charge in [0.15, 0.2) is 0 Å². The van der Waals surface area contributed by atoms with Crippen molar-refractivity contribution in [2.45, 2.75) is 38.3 Å². The summed E-state index contributed by atoms with van der Waals surface area (Å²) >= 11 is 5.93. The molecule has 0 heterocycles. The lowest BCUT2D eigenvalue weighted by molar-refractivity contribution is -0.123. The van der Waals surface area contributed by atoms with Gasteiger partial charge in [0.25, 0.3) is 0 Å². The van der Waals surface area contributed by atoms with E-state index in [9.17, 15) is 4.79 Å². The van der Waals surface area contributed by atoms with Gasteiger partial charge in [-0.15, -0.1) is 0 Å². The maximum Gasteiger partial charge on any atom is 0.237 e. The second-order valence-corrected chi connectivity index (χ2v) is 5.51. The standard InChI is InChI=1S/C14H19ClN2O/c1-9(11-3-2-4-12(15)8-11)17-14(18)13(16)7-10-5-6-10/h2-4,8-10,13H,5-7,16H2,1H3,(H,17,18)/t9-,13+/m1/s1. The van der Waals surface area contributed by atoms with Crippen molar-refractivity contribution in [3.63, 3.8) is 0 Å². The van der Waals surface area contributed by atoms with E-state index < -0.39 is 0 Å². The number of nitrogens with two attached hydrogens (primary N) is 1. The van der Waals surface area contributed by atoms with E-state index in [0.29, 0.717) is 10.9 Å². The van der Waals surface area contributed by atoms with Crippen LogP contribution in [0, 0.1) is 5.92 Å². The summed E-state index contributed by atoms with van der Waals surface area (Å²) in [7, 11) is 0. The third kappa shape index (κ3) is 3.72. The minimum absolute atomic E-state index is 0.0681. The number of hydrogen-bond acceptors (Lipinski definition) is 2. The Bertz CT molecular complexity index is 432. The Labute approximate surface area is 113 Å². The molecule has 18 heavy (non-hydrogen) atoms. The van der Waals surface area contributed by atoms with Gasteiger partial charge >= 0.3 is 0 Å². The van der Waals surface area contributed by atoms with Crippen molar-refractivity contribution >= 4 is 17.5 Å². The van der Waals surface area contributed by atoms with Crippen LogP contribution >= 0.6 is 11.6 Å². The topological polar surface area (TPSA) is 55.1 Å². The van der Waals surface area contributed by atoms with Crippen LogP contribution in [0.5, 0.6) is 0 Å². The lowest BCUT2D eigenvalue weighted by atomic mass is 10.1. The van der Waals surface area contributed by atoms with Gasteiger partial charge in [-0.25, -0.2) is 0 Å². The largest absolute Gasteiger partial charge is 0.348 e. The number of nitrogens with one attached hydrogen (secondary N) is 1. The van der Waals surface area contributed by atoms with Crippen molar-refractivity contribution in [1.29, 1.82) is 0 Å². The number of carbonyl (C=O) groups is 1. The van der Waals surface area contributed by atoms with E-state index in [2.05, 4.69) is 5.32 Å². The predicted molar refractivity (Wildman–Crippen MR) is 73.3 cm³/mol. The highest BCUT2D eigenvalue weighted by Crippen LogP contribution is 2.33. The van der Waals surface area contributed by atoms with Crippen LogP contribution in [-0.2, 0) is 4.79 Å². The Morgan fingerprint density at radius 1 is 1.56 bits per heavy atom. The molecule has 2 atom stereocenters. The summed E-state index contributed by atoms with van der Waals surface area (Å²) in [6.45, 7) is 1.94. The first-order valence-electron chi connectivity index (χ1n) is 6.37. The first-order chi connectivity index (χ1) is 8.56. The summed E-state index contributed by atoms with van der Waals surface area (Å²) < 4.78 is 0. The van der Waals surface area contributed by atoms with E-state index in [4.69, 9.17) is 17.3 Å². The van der Waals surface area contributed by atoms with Crippen molar-refractivity contribution in [2.24, 2.45) is 11.7 Å². The van der Waals surface area contributed by atoms with Crippen LogP contribution in [0.3, 0.4) is 0 Å². The highest BCUT2D eigenvalue weighted by atomic mass is 35.5. The predicted octanol–water partition coefficient (Wildman–Crippen LogP) is 2.64. The van der Waals surface area contributed by atoms with E-state index >= 15 is 0 Å². The van der Waals surface area contributed by atoms with E-state index in [0.717, 1.165) is 12.0 Å². The minimum Gasteiger partial charge on any atom is -0.348 e. The summed E-state index contributed by atoms with van der Waals surface area (Å²) in [6.07, 6.45) is 3.23. The van der Waals surface area contributed by atoms with Crippen LogP contribution in [0.1, 0.15) is 37.8 Å². The molecule has 0 radical (unpaired) electrons. The molecule has 4 heteroatoms.